The molecule has 0 aliphatic rings. The van der Waals surface area contributed by atoms with Crippen LogP contribution in [0.5, 0.6) is 0 Å². The number of carbonyl (C=O) groups is 2. The zero-order valence-electron chi connectivity index (χ0n) is 19.7. The summed E-state index contributed by atoms with van der Waals surface area (Å²) in [4.78, 5) is 38.3. The Balaban J connectivity index is 0.00000380. The summed E-state index contributed by atoms with van der Waals surface area (Å²) >= 11 is 0. The van der Waals surface area contributed by atoms with E-state index in [1.807, 2.05) is 0 Å². The van der Waals surface area contributed by atoms with Crippen LogP contribution in [0.1, 0.15) is 43.2 Å². The van der Waals surface area contributed by atoms with E-state index in [-0.39, 0.29) is 75.6 Å². The van der Waals surface area contributed by atoms with E-state index in [2.05, 4.69) is 5.10 Å². The summed E-state index contributed by atoms with van der Waals surface area (Å²) in [5, 5.41) is 15.6. The van der Waals surface area contributed by atoms with Crippen molar-refractivity contribution in [3.8, 4) is 5.69 Å². The molecule has 0 aliphatic heterocycles. The second-order valence-corrected chi connectivity index (χ2v) is 7.99. The minimum Gasteiger partial charge on any atom is -0.543 e. The van der Waals surface area contributed by atoms with Gasteiger partial charge in [-0.2, -0.15) is 18.3 Å². The average molecular weight is 531 g/mol. The van der Waals surface area contributed by atoms with E-state index >= 15 is 0 Å². The Morgan fingerprint density at radius 2 is 1.38 bits per heavy atom. The number of hydrogen-bond acceptors (Lipinski definition) is 5. The monoisotopic (exact) mass is 530 g/mol. The van der Waals surface area contributed by atoms with Crippen LogP contribution in [0.3, 0.4) is 0 Å². The number of aromatic carboxylic acids is 1. The van der Waals surface area contributed by atoms with Crippen LogP contribution >= 0.6 is 0 Å². The molecule has 37 heavy (non-hydrogen) atoms. The third-order valence-electron chi connectivity index (χ3n) is 5.52. The van der Waals surface area contributed by atoms with Gasteiger partial charge in [0.15, 0.2) is 11.5 Å². The molecule has 182 valence electrons. The van der Waals surface area contributed by atoms with Crippen molar-refractivity contribution >= 4 is 11.8 Å². The van der Waals surface area contributed by atoms with E-state index in [1.165, 1.54) is 0 Å². The first-order valence-corrected chi connectivity index (χ1v) is 10.8. The van der Waals surface area contributed by atoms with E-state index < -0.39 is 40.2 Å². The maximum Gasteiger partial charge on any atom is 1.00 e. The zero-order chi connectivity index (χ0) is 25.9. The number of alkyl halides is 3. The van der Waals surface area contributed by atoms with Crippen LogP contribution in [-0.2, 0) is 19.0 Å². The standard InChI is InChI=1S/C27H19F3N2O4.K/c28-27(29,30)19-11-13-20(14-12-19)32-21(15-17-7-3-1-4-8-17)23(25(34)24(31-32)26(35)36)22(33)16-18-9-5-2-6-10-18;/h1-14H,15-16H2,(H,35,36);/q;+1/p-1. The van der Waals surface area contributed by atoms with Gasteiger partial charge >= 0.3 is 57.6 Å². The van der Waals surface area contributed by atoms with Gasteiger partial charge in [-0.15, -0.1) is 0 Å². The topological polar surface area (TPSA) is 92.1 Å². The van der Waals surface area contributed by atoms with Gasteiger partial charge in [-0.25, -0.2) is 4.68 Å². The van der Waals surface area contributed by atoms with Gasteiger partial charge in [-0.1, -0.05) is 60.7 Å². The largest absolute Gasteiger partial charge is 1.00 e. The predicted octanol–water partition coefficient (Wildman–Crippen LogP) is 0.635. The number of benzene rings is 3. The van der Waals surface area contributed by atoms with Gasteiger partial charge in [0, 0.05) is 12.8 Å². The molecule has 0 atom stereocenters. The second kappa shape index (κ2) is 12.1. The molecule has 0 amide bonds. The van der Waals surface area contributed by atoms with E-state index in [9.17, 15) is 32.7 Å². The van der Waals surface area contributed by atoms with Crippen LogP contribution in [0, 0.1) is 0 Å². The summed E-state index contributed by atoms with van der Waals surface area (Å²) < 4.78 is 40.3. The first-order chi connectivity index (χ1) is 17.1. The number of Topliss-reactive ketones (excluding diaryl/α,β-unsaturated/α-hetero) is 1. The molecule has 10 heteroatoms. The van der Waals surface area contributed by atoms with Gasteiger partial charge in [0.1, 0.15) is 0 Å². The Kier molecular flexibility index (Phi) is 9.38. The summed E-state index contributed by atoms with van der Waals surface area (Å²) in [5.41, 5.74) is -2.07. The van der Waals surface area contributed by atoms with Crippen LogP contribution < -0.4 is 61.9 Å². The molecule has 0 saturated carbocycles. The minimum atomic E-state index is -4.59. The summed E-state index contributed by atoms with van der Waals surface area (Å²) in [6.45, 7) is 0. The van der Waals surface area contributed by atoms with Crippen LogP contribution in [-0.4, -0.2) is 21.5 Å². The Morgan fingerprint density at radius 3 is 1.89 bits per heavy atom. The van der Waals surface area contributed by atoms with Crippen molar-refractivity contribution in [3.05, 3.63) is 129 Å². The summed E-state index contributed by atoms with van der Waals surface area (Å²) in [5.74, 6) is -2.55. The molecule has 0 fully saturated rings. The van der Waals surface area contributed by atoms with Gasteiger partial charge in [0.25, 0.3) is 0 Å². The number of aromatic nitrogens is 2. The van der Waals surface area contributed by atoms with E-state index in [1.54, 1.807) is 60.7 Å². The van der Waals surface area contributed by atoms with Crippen molar-refractivity contribution < 1.29 is 79.3 Å². The molecule has 3 aromatic carbocycles. The molecule has 0 bridgehead atoms. The SMILES string of the molecule is O=C([O-])c1nn(-c2ccc(C(F)(F)F)cc2)c(Cc2ccccc2)c(C(=O)Cc2ccccc2)c1=O.[K+]. The Hall–Kier alpha value is -2.89. The van der Waals surface area contributed by atoms with Crippen molar-refractivity contribution in [3.63, 3.8) is 0 Å². The number of carboxylic acids is 1. The van der Waals surface area contributed by atoms with Gasteiger partial charge in [0.05, 0.1) is 28.5 Å². The molecule has 1 aromatic heterocycles. The second-order valence-electron chi connectivity index (χ2n) is 7.99. The normalized spacial score (nSPS) is 11.0. The van der Waals surface area contributed by atoms with E-state index in [4.69, 9.17) is 0 Å². The van der Waals surface area contributed by atoms with Gasteiger partial charge in [0.2, 0.25) is 5.43 Å². The van der Waals surface area contributed by atoms with E-state index in [0.29, 0.717) is 11.1 Å². The van der Waals surface area contributed by atoms with Crippen molar-refractivity contribution in [2.75, 3.05) is 0 Å². The molecule has 0 unspecified atom stereocenters. The number of carbonyl (C=O) groups excluding carboxylic acids is 2. The molecule has 6 nitrogen and oxygen atoms in total. The third-order valence-corrected chi connectivity index (χ3v) is 5.52. The molecular formula is C27H18F3KN2O4. The van der Waals surface area contributed by atoms with Crippen molar-refractivity contribution in [2.45, 2.75) is 19.0 Å². The van der Waals surface area contributed by atoms with Crippen LogP contribution in [0.4, 0.5) is 13.2 Å². The number of halogens is 3. The quantitative estimate of drug-likeness (QED) is 0.258. The molecule has 0 spiro atoms. The Labute approximate surface area is 252 Å². The van der Waals surface area contributed by atoms with Crippen LogP contribution in [0.2, 0.25) is 0 Å². The van der Waals surface area contributed by atoms with Crippen molar-refractivity contribution in [1.82, 2.24) is 9.78 Å². The van der Waals surface area contributed by atoms with Gasteiger partial charge in [-0.05, 0) is 35.4 Å². The van der Waals surface area contributed by atoms with Gasteiger partial charge in [-0.3, -0.25) is 9.59 Å². The minimum absolute atomic E-state index is 0. The number of nitrogens with zero attached hydrogens (tertiary/aromatic N) is 2. The first-order valence-electron chi connectivity index (χ1n) is 10.8. The third kappa shape index (κ3) is 6.71. The molecule has 4 aromatic rings. The molecule has 0 N–H and O–H groups in total. The molecule has 0 radical (unpaired) electrons. The predicted molar refractivity (Wildman–Crippen MR) is 123 cm³/mol. The average Bonchev–Trinajstić information content (AvgIpc) is 2.85. The fraction of sp³-hybridized carbons (Fsp3) is 0.111. The van der Waals surface area contributed by atoms with Crippen LogP contribution in [0.25, 0.3) is 5.69 Å². The Bertz CT molecular complexity index is 1470. The smallest absolute Gasteiger partial charge is 0.543 e. The summed E-state index contributed by atoms with van der Waals surface area (Å²) in [6, 6.07) is 21.1. The zero-order valence-corrected chi connectivity index (χ0v) is 22.8. The fourth-order valence-electron chi connectivity index (χ4n) is 3.81. The summed E-state index contributed by atoms with van der Waals surface area (Å²) in [7, 11) is 0. The van der Waals surface area contributed by atoms with Gasteiger partial charge < -0.3 is 9.90 Å². The number of ketones is 1. The molecule has 0 saturated heterocycles. The molecule has 1 heterocycles. The van der Waals surface area contributed by atoms with E-state index in [0.717, 1.165) is 28.9 Å². The maximum absolute atomic E-state index is 13.4. The summed E-state index contributed by atoms with van der Waals surface area (Å²) in [6.07, 6.45) is -4.79. The molecule has 0 aliphatic carbocycles. The first kappa shape index (κ1) is 28.7. The van der Waals surface area contributed by atoms with Crippen molar-refractivity contribution in [1.29, 1.82) is 0 Å². The maximum atomic E-state index is 13.4. The number of hydrogen-bond donors (Lipinski definition) is 0. The van der Waals surface area contributed by atoms with Crippen LogP contribution in [0.15, 0.2) is 89.7 Å². The Morgan fingerprint density at radius 1 is 0.838 bits per heavy atom. The molecular weight excluding hydrogens is 512 g/mol. The number of rotatable bonds is 7. The van der Waals surface area contributed by atoms with Crippen molar-refractivity contribution in [2.24, 2.45) is 0 Å². The molecule has 4 rings (SSSR count). The number of carboxylic acid groups (broad SMARTS) is 1. The fourth-order valence-corrected chi connectivity index (χ4v) is 3.81.